The van der Waals surface area contributed by atoms with Gasteiger partial charge in [-0.15, -0.1) is 0 Å². The Morgan fingerprint density at radius 3 is 2.46 bits per heavy atom. The van der Waals surface area contributed by atoms with E-state index in [1.165, 1.54) is 17.2 Å². The Hall–Kier alpha value is -2.58. The topological polar surface area (TPSA) is 45.5 Å². The maximum absolute atomic E-state index is 14.1. The summed E-state index contributed by atoms with van der Waals surface area (Å²) in [6, 6.07) is 10.6. The SMILES string of the molecule is COc1cc2c(cc1OC)CN(Cc1ccc(C#N)cc1F)CC2. The molecule has 0 aromatic heterocycles. The second kappa shape index (κ2) is 6.90. The lowest BCUT2D eigenvalue weighted by molar-refractivity contribution is 0.241. The second-order valence-corrected chi connectivity index (χ2v) is 5.85. The maximum Gasteiger partial charge on any atom is 0.161 e. The monoisotopic (exact) mass is 326 g/mol. The van der Waals surface area contributed by atoms with Gasteiger partial charge in [0.15, 0.2) is 11.5 Å². The molecule has 0 unspecified atom stereocenters. The molecule has 0 spiro atoms. The largest absolute Gasteiger partial charge is 0.493 e. The predicted octanol–water partition coefficient (Wildman–Crippen LogP) is 3.27. The molecule has 2 aromatic carbocycles. The van der Waals surface area contributed by atoms with E-state index < -0.39 is 0 Å². The zero-order valence-electron chi connectivity index (χ0n) is 13.8. The van der Waals surface area contributed by atoms with Crippen molar-refractivity contribution in [3.8, 4) is 17.6 Å². The fraction of sp³-hybridized carbons (Fsp3) is 0.316. The van der Waals surface area contributed by atoms with Crippen molar-refractivity contribution >= 4 is 0 Å². The summed E-state index contributed by atoms with van der Waals surface area (Å²) < 4.78 is 24.8. The van der Waals surface area contributed by atoms with Gasteiger partial charge >= 0.3 is 0 Å². The molecule has 0 radical (unpaired) electrons. The molecule has 0 bridgehead atoms. The first-order chi connectivity index (χ1) is 11.6. The molecule has 0 atom stereocenters. The van der Waals surface area contributed by atoms with E-state index in [4.69, 9.17) is 14.7 Å². The number of hydrogen-bond donors (Lipinski definition) is 0. The molecule has 0 saturated carbocycles. The summed E-state index contributed by atoms with van der Waals surface area (Å²) in [5.41, 5.74) is 3.37. The van der Waals surface area contributed by atoms with Crippen LogP contribution in [0.25, 0.3) is 0 Å². The van der Waals surface area contributed by atoms with Gasteiger partial charge in [-0.05, 0) is 41.8 Å². The molecule has 4 nitrogen and oxygen atoms in total. The Balaban J connectivity index is 1.79. The lowest BCUT2D eigenvalue weighted by Gasteiger charge is -2.29. The third-order valence-corrected chi connectivity index (χ3v) is 4.37. The number of halogens is 1. The fourth-order valence-corrected chi connectivity index (χ4v) is 3.06. The Morgan fingerprint density at radius 1 is 1.12 bits per heavy atom. The molecule has 0 N–H and O–H groups in total. The van der Waals surface area contributed by atoms with Crippen LogP contribution in [0, 0.1) is 17.1 Å². The number of ether oxygens (including phenoxy) is 2. The van der Waals surface area contributed by atoms with Gasteiger partial charge in [0.2, 0.25) is 0 Å². The van der Waals surface area contributed by atoms with Gasteiger partial charge in [0.05, 0.1) is 25.9 Å². The van der Waals surface area contributed by atoms with Crippen LogP contribution in [0.1, 0.15) is 22.3 Å². The fourth-order valence-electron chi connectivity index (χ4n) is 3.06. The van der Waals surface area contributed by atoms with Crippen molar-refractivity contribution in [2.75, 3.05) is 20.8 Å². The third kappa shape index (κ3) is 3.19. The van der Waals surface area contributed by atoms with E-state index in [0.29, 0.717) is 23.4 Å². The van der Waals surface area contributed by atoms with Gasteiger partial charge in [-0.2, -0.15) is 5.26 Å². The van der Waals surface area contributed by atoms with Crippen LogP contribution in [0.4, 0.5) is 4.39 Å². The minimum Gasteiger partial charge on any atom is -0.493 e. The van der Waals surface area contributed by atoms with Gasteiger partial charge in [0.25, 0.3) is 0 Å². The summed E-state index contributed by atoms with van der Waals surface area (Å²) in [5, 5.41) is 8.83. The molecule has 2 aromatic rings. The Kier molecular flexibility index (Phi) is 4.68. The highest BCUT2D eigenvalue weighted by atomic mass is 19.1. The number of fused-ring (bicyclic) bond motifs is 1. The zero-order valence-corrected chi connectivity index (χ0v) is 13.8. The van der Waals surface area contributed by atoms with Crippen LogP contribution < -0.4 is 9.47 Å². The first-order valence-corrected chi connectivity index (χ1v) is 7.79. The minimum atomic E-state index is -0.327. The van der Waals surface area contributed by atoms with E-state index in [1.807, 2.05) is 18.2 Å². The zero-order chi connectivity index (χ0) is 17.1. The van der Waals surface area contributed by atoms with Crippen LogP contribution >= 0.6 is 0 Å². The number of nitriles is 1. The molecule has 124 valence electrons. The smallest absolute Gasteiger partial charge is 0.161 e. The number of nitrogens with zero attached hydrogens (tertiary/aromatic N) is 2. The first-order valence-electron chi connectivity index (χ1n) is 7.79. The average Bonchev–Trinajstić information content (AvgIpc) is 2.62. The van der Waals surface area contributed by atoms with E-state index in [2.05, 4.69) is 4.90 Å². The summed E-state index contributed by atoms with van der Waals surface area (Å²) >= 11 is 0. The Morgan fingerprint density at radius 2 is 1.83 bits per heavy atom. The summed E-state index contributed by atoms with van der Waals surface area (Å²) in [4.78, 5) is 2.19. The van der Waals surface area contributed by atoms with Crippen LogP contribution in [-0.2, 0) is 19.5 Å². The number of rotatable bonds is 4. The van der Waals surface area contributed by atoms with Crippen LogP contribution in [0.2, 0.25) is 0 Å². The molecule has 1 aliphatic heterocycles. The number of hydrogen-bond acceptors (Lipinski definition) is 4. The maximum atomic E-state index is 14.1. The summed E-state index contributed by atoms with van der Waals surface area (Å²) in [7, 11) is 3.25. The lowest BCUT2D eigenvalue weighted by Crippen LogP contribution is -2.30. The van der Waals surface area contributed by atoms with Crippen molar-refractivity contribution in [2.45, 2.75) is 19.5 Å². The summed E-state index contributed by atoms with van der Waals surface area (Å²) in [5.74, 6) is 1.12. The minimum absolute atomic E-state index is 0.327. The van der Waals surface area contributed by atoms with Gasteiger partial charge in [-0.25, -0.2) is 4.39 Å². The molecule has 0 amide bonds. The molecule has 3 rings (SSSR count). The molecular weight excluding hydrogens is 307 g/mol. The van der Waals surface area contributed by atoms with Crippen molar-refractivity contribution < 1.29 is 13.9 Å². The van der Waals surface area contributed by atoms with Crippen molar-refractivity contribution in [3.05, 3.63) is 58.4 Å². The quantitative estimate of drug-likeness (QED) is 0.865. The third-order valence-electron chi connectivity index (χ3n) is 4.37. The van der Waals surface area contributed by atoms with E-state index in [1.54, 1.807) is 26.4 Å². The average molecular weight is 326 g/mol. The van der Waals surface area contributed by atoms with Crippen LogP contribution in [-0.4, -0.2) is 25.7 Å². The molecule has 24 heavy (non-hydrogen) atoms. The molecule has 0 aliphatic carbocycles. The highest BCUT2D eigenvalue weighted by Crippen LogP contribution is 2.33. The van der Waals surface area contributed by atoms with Crippen molar-refractivity contribution in [1.82, 2.24) is 4.90 Å². The summed E-state index contributed by atoms with van der Waals surface area (Å²) in [6.45, 7) is 2.10. The van der Waals surface area contributed by atoms with Gasteiger partial charge in [-0.1, -0.05) is 6.07 Å². The van der Waals surface area contributed by atoms with E-state index in [-0.39, 0.29) is 5.82 Å². The van der Waals surface area contributed by atoms with Crippen molar-refractivity contribution in [2.24, 2.45) is 0 Å². The van der Waals surface area contributed by atoms with Gasteiger partial charge in [-0.3, -0.25) is 4.90 Å². The molecule has 1 heterocycles. The van der Waals surface area contributed by atoms with Gasteiger partial charge in [0.1, 0.15) is 5.82 Å². The predicted molar refractivity (Wildman–Crippen MR) is 88.5 cm³/mol. The van der Waals surface area contributed by atoms with Crippen LogP contribution in [0.15, 0.2) is 30.3 Å². The van der Waals surface area contributed by atoms with E-state index in [9.17, 15) is 4.39 Å². The first kappa shape index (κ1) is 16.3. The van der Waals surface area contributed by atoms with Crippen molar-refractivity contribution in [1.29, 1.82) is 5.26 Å². The van der Waals surface area contributed by atoms with E-state index >= 15 is 0 Å². The van der Waals surface area contributed by atoms with Gasteiger partial charge in [0, 0.05) is 25.2 Å². The molecule has 1 aliphatic rings. The number of methoxy groups -OCH3 is 2. The Labute approximate surface area is 141 Å². The summed E-state index contributed by atoms with van der Waals surface area (Å²) in [6.07, 6.45) is 0.883. The molecule has 0 saturated heterocycles. The normalized spacial score (nSPS) is 13.9. The highest BCUT2D eigenvalue weighted by Gasteiger charge is 2.20. The molecule has 0 fully saturated rings. The van der Waals surface area contributed by atoms with Crippen LogP contribution in [0.3, 0.4) is 0 Å². The molecular formula is C19H19FN2O2. The highest BCUT2D eigenvalue weighted by molar-refractivity contribution is 5.48. The van der Waals surface area contributed by atoms with E-state index in [0.717, 1.165) is 25.3 Å². The van der Waals surface area contributed by atoms with Gasteiger partial charge < -0.3 is 9.47 Å². The van der Waals surface area contributed by atoms with Crippen LogP contribution in [0.5, 0.6) is 11.5 Å². The standard InChI is InChI=1S/C19H19FN2O2/c1-23-18-8-14-5-6-22(12-16(14)9-19(18)24-2)11-15-4-3-13(10-21)7-17(15)20/h3-4,7-9H,5-6,11-12H2,1-2H3. The Bertz CT molecular complexity index is 799. The van der Waals surface area contributed by atoms with Crippen molar-refractivity contribution in [3.63, 3.8) is 0 Å². The second-order valence-electron chi connectivity index (χ2n) is 5.85. The number of benzene rings is 2. The lowest BCUT2D eigenvalue weighted by atomic mass is 9.98. The molecule has 5 heteroatoms.